The van der Waals surface area contributed by atoms with Crippen molar-refractivity contribution in [2.75, 3.05) is 6.61 Å². The summed E-state index contributed by atoms with van der Waals surface area (Å²) in [6, 6.07) is 0.323. The summed E-state index contributed by atoms with van der Waals surface area (Å²) in [5.74, 6) is 0.521. The average molecular weight is 143 g/mol. The van der Waals surface area contributed by atoms with Gasteiger partial charge in [0.05, 0.1) is 12.2 Å². The lowest BCUT2D eigenvalue weighted by Gasteiger charge is -2.37. The highest BCUT2D eigenvalue weighted by Gasteiger charge is 2.30. The Morgan fingerprint density at radius 1 is 1.50 bits per heavy atom. The van der Waals surface area contributed by atoms with Crippen molar-refractivity contribution >= 4 is 0 Å². The maximum absolute atomic E-state index is 5.87. The van der Waals surface area contributed by atoms with Crippen molar-refractivity contribution in [1.29, 1.82) is 0 Å². The van der Waals surface area contributed by atoms with Crippen LogP contribution in [0.5, 0.6) is 0 Å². The molecule has 0 bridgehead atoms. The predicted molar refractivity (Wildman–Crippen MR) is 41.8 cm³/mol. The third kappa shape index (κ3) is 1.70. The van der Waals surface area contributed by atoms with Gasteiger partial charge in [0.1, 0.15) is 0 Å². The van der Waals surface area contributed by atoms with E-state index in [0.717, 1.165) is 13.0 Å². The van der Waals surface area contributed by atoms with Gasteiger partial charge in [0.2, 0.25) is 0 Å². The van der Waals surface area contributed by atoms with Crippen molar-refractivity contribution in [2.24, 2.45) is 11.7 Å². The number of hydrogen-bond donors (Lipinski definition) is 1. The molecule has 1 heterocycles. The molecule has 0 aliphatic carbocycles. The van der Waals surface area contributed by atoms with Gasteiger partial charge in [0.15, 0.2) is 0 Å². The van der Waals surface area contributed by atoms with Crippen LogP contribution in [0.4, 0.5) is 0 Å². The Morgan fingerprint density at radius 2 is 2.10 bits per heavy atom. The van der Waals surface area contributed by atoms with Gasteiger partial charge >= 0.3 is 0 Å². The first kappa shape index (κ1) is 8.02. The first-order valence-corrected chi connectivity index (χ1v) is 3.91. The third-order valence-corrected chi connectivity index (χ3v) is 2.20. The Morgan fingerprint density at radius 3 is 2.50 bits per heavy atom. The molecule has 0 radical (unpaired) electrons. The van der Waals surface area contributed by atoms with Crippen molar-refractivity contribution in [1.82, 2.24) is 0 Å². The normalized spacial score (nSPS) is 39.6. The van der Waals surface area contributed by atoms with Crippen molar-refractivity contribution in [3.63, 3.8) is 0 Å². The minimum Gasteiger partial charge on any atom is -0.375 e. The fourth-order valence-electron chi connectivity index (χ4n) is 1.31. The summed E-state index contributed by atoms with van der Waals surface area (Å²) >= 11 is 0. The zero-order valence-corrected chi connectivity index (χ0v) is 7.05. The summed E-state index contributed by atoms with van der Waals surface area (Å²) in [6.07, 6.45) is 0.980. The SMILES string of the molecule is C[C@@H]1COC(C)(C)C[C@@H]1N. The van der Waals surface area contributed by atoms with E-state index in [1.54, 1.807) is 0 Å². The summed E-state index contributed by atoms with van der Waals surface area (Å²) in [6.45, 7) is 7.14. The molecule has 0 unspecified atom stereocenters. The van der Waals surface area contributed by atoms with E-state index >= 15 is 0 Å². The molecule has 2 heteroatoms. The maximum atomic E-state index is 5.87. The largest absolute Gasteiger partial charge is 0.375 e. The minimum atomic E-state index is 0.00588. The first-order chi connectivity index (χ1) is 4.51. The molecular weight excluding hydrogens is 126 g/mol. The van der Waals surface area contributed by atoms with Crippen molar-refractivity contribution in [3.8, 4) is 0 Å². The second kappa shape index (κ2) is 2.51. The highest BCUT2D eigenvalue weighted by molar-refractivity contribution is 4.84. The Labute approximate surface area is 62.7 Å². The Bertz CT molecular complexity index is 122. The van der Waals surface area contributed by atoms with Gasteiger partial charge in [-0.2, -0.15) is 0 Å². The van der Waals surface area contributed by atoms with Crippen LogP contribution < -0.4 is 5.73 Å². The van der Waals surface area contributed by atoms with Gasteiger partial charge in [-0.1, -0.05) is 6.92 Å². The zero-order valence-electron chi connectivity index (χ0n) is 7.05. The quantitative estimate of drug-likeness (QED) is 0.552. The number of ether oxygens (including phenoxy) is 1. The molecule has 1 aliphatic rings. The van der Waals surface area contributed by atoms with Crippen LogP contribution >= 0.6 is 0 Å². The van der Waals surface area contributed by atoms with E-state index in [0.29, 0.717) is 12.0 Å². The molecule has 1 saturated heterocycles. The van der Waals surface area contributed by atoms with Crippen LogP contribution in [0, 0.1) is 5.92 Å². The Hall–Kier alpha value is -0.0800. The van der Waals surface area contributed by atoms with E-state index in [2.05, 4.69) is 20.8 Å². The van der Waals surface area contributed by atoms with Crippen LogP contribution in [0.1, 0.15) is 27.2 Å². The average Bonchev–Trinajstić information content (AvgIpc) is 1.79. The fraction of sp³-hybridized carbons (Fsp3) is 1.00. The van der Waals surface area contributed by atoms with Gasteiger partial charge in [0, 0.05) is 6.04 Å². The maximum Gasteiger partial charge on any atom is 0.0641 e. The van der Waals surface area contributed by atoms with Crippen LogP contribution in [0.2, 0.25) is 0 Å². The van der Waals surface area contributed by atoms with Crippen LogP contribution in [-0.2, 0) is 4.74 Å². The van der Waals surface area contributed by atoms with E-state index in [-0.39, 0.29) is 5.60 Å². The van der Waals surface area contributed by atoms with E-state index in [9.17, 15) is 0 Å². The zero-order chi connectivity index (χ0) is 7.78. The monoisotopic (exact) mass is 143 g/mol. The summed E-state index contributed by atoms with van der Waals surface area (Å²) < 4.78 is 5.57. The molecule has 1 aliphatic heterocycles. The van der Waals surface area contributed by atoms with Crippen LogP contribution in [0.3, 0.4) is 0 Å². The van der Waals surface area contributed by atoms with Crippen LogP contribution in [-0.4, -0.2) is 18.2 Å². The predicted octanol–water partition coefficient (Wildman–Crippen LogP) is 1.15. The Kier molecular flexibility index (Phi) is 2.02. The fourth-order valence-corrected chi connectivity index (χ4v) is 1.31. The number of nitrogens with two attached hydrogens (primary N) is 1. The first-order valence-electron chi connectivity index (χ1n) is 3.91. The van der Waals surface area contributed by atoms with Crippen LogP contribution in [0.15, 0.2) is 0 Å². The lowest BCUT2D eigenvalue weighted by molar-refractivity contribution is -0.0808. The van der Waals surface area contributed by atoms with E-state index in [1.807, 2.05) is 0 Å². The molecule has 0 aromatic carbocycles. The number of rotatable bonds is 0. The molecule has 0 aromatic heterocycles. The molecule has 0 spiro atoms. The lowest BCUT2D eigenvalue weighted by atomic mass is 9.88. The molecule has 1 rings (SSSR count). The summed E-state index contributed by atoms with van der Waals surface area (Å²) in [7, 11) is 0. The molecule has 0 aromatic rings. The molecule has 2 N–H and O–H groups in total. The van der Waals surface area contributed by atoms with Crippen molar-refractivity contribution < 1.29 is 4.74 Å². The van der Waals surface area contributed by atoms with Gasteiger partial charge in [-0.05, 0) is 26.2 Å². The molecule has 1 fully saturated rings. The lowest BCUT2D eigenvalue weighted by Crippen LogP contribution is -2.46. The standard InChI is InChI=1S/C8H17NO/c1-6-5-10-8(2,3)4-7(6)9/h6-7H,4-5,9H2,1-3H3/t6-,7+/m1/s1. The molecule has 0 saturated carbocycles. The molecule has 10 heavy (non-hydrogen) atoms. The highest BCUT2D eigenvalue weighted by atomic mass is 16.5. The van der Waals surface area contributed by atoms with E-state index in [1.165, 1.54) is 0 Å². The molecule has 60 valence electrons. The van der Waals surface area contributed by atoms with Crippen molar-refractivity contribution in [3.05, 3.63) is 0 Å². The highest BCUT2D eigenvalue weighted by Crippen LogP contribution is 2.25. The minimum absolute atomic E-state index is 0.00588. The van der Waals surface area contributed by atoms with Gasteiger partial charge in [0.25, 0.3) is 0 Å². The summed E-state index contributed by atoms with van der Waals surface area (Å²) in [4.78, 5) is 0. The molecular formula is C8H17NO. The van der Waals surface area contributed by atoms with Crippen molar-refractivity contribution in [2.45, 2.75) is 38.8 Å². The smallest absolute Gasteiger partial charge is 0.0641 e. The van der Waals surface area contributed by atoms with Gasteiger partial charge in [-0.15, -0.1) is 0 Å². The van der Waals surface area contributed by atoms with Gasteiger partial charge in [-0.25, -0.2) is 0 Å². The van der Waals surface area contributed by atoms with Gasteiger partial charge < -0.3 is 10.5 Å². The summed E-state index contributed by atoms with van der Waals surface area (Å²) in [5.41, 5.74) is 5.88. The second-order valence-electron chi connectivity index (χ2n) is 3.92. The third-order valence-electron chi connectivity index (χ3n) is 2.20. The van der Waals surface area contributed by atoms with Gasteiger partial charge in [-0.3, -0.25) is 0 Å². The van der Waals surface area contributed by atoms with Crippen LogP contribution in [0.25, 0.3) is 0 Å². The topological polar surface area (TPSA) is 35.2 Å². The molecule has 2 atom stereocenters. The van der Waals surface area contributed by atoms with E-state index < -0.39 is 0 Å². The molecule has 0 amide bonds. The number of hydrogen-bond acceptors (Lipinski definition) is 2. The molecule has 2 nitrogen and oxygen atoms in total. The second-order valence-corrected chi connectivity index (χ2v) is 3.92. The van der Waals surface area contributed by atoms with E-state index in [4.69, 9.17) is 10.5 Å². The Balaban J connectivity index is 2.49. The summed E-state index contributed by atoms with van der Waals surface area (Å²) in [5, 5.41) is 0.